The fourth-order valence-electron chi connectivity index (χ4n) is 3.41. The minimum Gasteiger partial charge on any atom is -0.493 e. The van der Waals surface area contributed by atoms with Gasteiger partial charge in [0, 0.05) is 29.2 Å². The summed E-state index contributed by atoms with van der Waals surface area (Å²) in [6, 6.07) is 25.1. The summed E-state index contributed by atoms with van der Waals surface area (Å²) < 4.78 is 13.4. The number of carbonyl (C=O) groups excluding carboxylic acids is 1. The van der Waals surface area contributed by atoms with Crippen LogP contribution in [-0.4, -0.2) is 23.3 Å². The van der Waals surface area contributed by atoms with Crippen LogP contribution in [0.5, 0.6) is 11.5 Å². The first-order valence-corrected chi connectivity index (χ1v) is 11.0. The molecule has 1 heterocycles. The molecule has 1 amide bonds. The van der Waals surface area contributed by atoms with Gasteiger partial charge in [-0.25, -0.2) is 5.43 Å². The van der Waals surface area contributed by atoms with E-state index in [0.717, 1.165) is 16.8 Å². The number of rotatable bonds is 8. The number of carbonyl (C=O) groups is 1. The summed E-state index contributed by atoms with van der Waals surface area (Å²) in [5.74, 6) is 0.973. The number of hydrogen-bond acceptors (Lipinski definition) is 4. The van der Waals surface area contributed by atoms with Crippen LogP contribution >= 0.6 is 0 Å². The van der Waals surface area contributed by atoms with Crippen LogP contribution in [0.3, 0.4) is 0 Å². The monoisotopic (exact) mass is 453 g/mol. The fraction of sp³-hybridized carbons (Fsp3) is 0.143. The van der Waals surface area contributed by atoms with Crippen molar-refractivity contribution >= 4 is 11.6 Å². The lowest BCUT2D eigenvalue weighted by atomic mass is 10.1. The highest BCUT2D eigenvalue weighted by molar-refractivity contribution is 6.01. The van der Waals surface area contributed by atoms with E-state index < -0.39 is 0 Å². The maximum atomic E-state index is 12.5. The molecule has 0 radical (unpaired) electrons. The summed E-state index contributed by atoms with van der Waals surface area (Å²) in [6.07, 6.45) is 3.91. The number of hydrazone groups is 1. The Kier molecular flexibility index (Phi) is 7.08. The molecule has 172 valence electrons. The third-order valence-corrected chi connectivity index (χ3v) is 5.45. The number of benzene rings is 3. The van der Waals surface area contributed by atoms with Crippen LogP contribution in [0.4, 0.5) is 0 Å². The second-order valence-electron chi connectivity index (χ2n) is 7.92. The summed E-state index contributed by atoms with van der Waals surface area (Å²) in [5.41, 5.74) is 7.91. The number of aromatic nitrogens is 1. The molecule has 0 spiro atoms. The minimum absolute atomic E-state index is 0.275. The molecule has 1 N–H and O–H groups in total. The van der Waals surface area contributed by atoms with Crippen LogP contribution in [-0.2, 0) is 6.61 Å². The van der Waals surface area contributed by atoms with E-state index in [1.54, 1.807) is 19.2 Å². The molecule has 0 atom stereocenters. The summed E-state index contributed by atoms with van der Waals surface area (Å²) >= 11 is 0. The van der Waals surface area contributed by atoms with Gasteiger partial charge in [-0.2, -0.15) is 5.10 Å². The zero-order valence-electron chi connectivity index (χ0n) is 19.5. The Labute approximate surface area is 199 Å². The van der Waals surface area contributed by atoms with Crippen LogP contribution in [0.25, 0.3) is 5.69 Å². The van der Waals surface area contributed by atoms with Gasteiger partial charge in [0.15, 0.2) is 11.5 Å². The third-order valence-electron chi connectivity index (χ3n) is 5.45. The van der Waals surface area contributed by atoms with Crippen molar-refractivity contribution in [3.05, 3.63) is 114 Å². The summed E-state index contributed by atoms with van der Waals surface area (Å²) in [4.78, 5) is 12.5. The molecule has 4 rings (SSSR count). The molecule has 4 aromatic rings. The Bertz CT molecular complexity index is 1280. The fourth-order valence-corrected chi connectivity index (χ4v) is 3.41. The normalized spacial score (nSPS) is 11.2. The first kappa shape index (κ1) is 22.9. The molecule has 0 aliphatic heterocycles. The van der Waals surface area contributed by atoms with Crippen molar-refractivity contribution in [2.45, 2.75) is 20.5 Å². The molecule has 0 aliphatic carbocycles. The Balaban J connectivity index is 1.40. The Morgan fingerprint density at radius 1 is 0.912 bits per heavy atom. The molecule has 0 aliphatic rings. The van der Waals surface area contributed by atoms with Crippen molar-refractivity contribution in [1.29, 1.82) is 0 Å². The lowest BCUT2D eigenvalue weighted by Crippen LogP contribution is -2.19. The molecule has 0 bridgehead atoms. The first-order chi connectivity index (χ1) is 16.5. The van der Waals surface area contributed by atoms with Crippen molar-refractivity contribution in [3.63, 3.8) is 0 Å². The summed E-state index contributed by atoms with van der Waals surface area (Å²) in [7, 11) is 1.60. The van der Waals surface area contributed by atoms with Crippen LogP contribution < -0.4 is 14.9 Å². The van der Waals surface area contributed by atoms with Crippen molar-refractivity contribution in [3.8, 4) is 17.2 Å². The van der Waals surface area contributed by atoms with E-state index in [1.165, 1.54) is 5.56 Å². The predicted molar refractivity (Wildman–Crippen MR) is 134 cm³/mol. The molecule has 0 saturated carbocycles. The van der Waals surface area contributed by atoms with Gasteiger partial charge in [-0.15, -0.1) is 0 Å². The molecule has 3 aromatic carbocycles. The van der Waals surface area contributed by atoms with Gasteiger partial charge in [-0.05, 0) is 74.0 Å². The van der Waals surface area contributed by atoms with Gasteiger partial charge in [0.25, 0.3) is 5.91 Å². The van der Waals surface area contributed by atoms with Gasteiger partial charge in [0.05, 0.1) is 12.8 Å². The van der Waals surface area contributed by atoms with Crippen molar-refractivity contribution in [2.75, 3.05) is 7.11 Å². The number of ether oxygens (including phenoxy) is 2. The molecule has 1 aromatic heterocycles. The quantitative estimate of drug-likeness (QED) is 0.282. The molecule has 0 saturated heterocycles. The maximum absolute atomic E-state index is 12.5. The Morgan fingerprint density at radius 2 is 1.59 bits per heavy atom. The predicted octanol–water partition coefficient (Wildman–Crippen LogP) is 5.53. The zero-order valence-corrected chi connectivity index (χ0v) is 19.5. The van der Waals surface area contributed by atoms with E-state index in [0.29, 0.717) is 29.4 Å². The summed E-state index contributed by atoms with van der Waals surface area (Å²) in [5, 5.41) is 4.27. The number of amides is 1. The third kappa shape index (κ3) is 5.53. The molecule has 0 fully saturated rings. The average molecular weight is 454 g/mol. The highest BCUT2D eigenvalue weighted by atomic mass is 16.5. The zero-order chi connectivity index (χ0) is 23.9. The van der Waals surface area contributed by atoms with Crippen LogP contribution in [0, 0.1) is 6.92 Å². The second-order valence-corrected chi connectivity index (χ2v) is 7.92. The maximum Gasteiger partial charge on any atom is 0.271 e. The van der Waals surface area contributed by atoms with E-state index >= 15 is 0 Å². The highest BCUT2D eigenvalue weighted by Gasteiger charge is 2.10. The largest absolute Gasteiger partial charge is 0.493 e. The molecular weight excluding hydrogens is 426 g/mol. The highest BCUT2D eigenvalue weighted by Crippen LogP contribution is 2.29. The lowest BCUT2D eigenvalue weighted by molar-refractivity contribution is 0.0955. The summed E-state index contributed by atoms with van der Waals surface area (Å²) in [6.45, 7) is 4.33. The van der Waals surface area contributed by atoms with Gasteiger partial charge >= 0.3 is 0 Å². The first-order valence-electron chi connectivity index (χ1n) is 11.0. The second kappa shape index (κ2) is 10.5. The minimum atomic E-state index is -0.275. The Morgan fingerprint density at radius 3 is 2.26 bits per heavy atom. The van der Waals surface area contributed by atoms with Gasteiger partial charge in [0.2, 0.25) is 0 Å². The lowest BCUT2D eigenvalue weighted by Gasteiger charge is -2.12. The van der Waals surface area contributed by atoms with Gasteiger partial charge in [-0.3, -0.25) is 4.79 Å². The SMILES string of the molecule is COc1cc(/C(C)=N/NC(=O)c2ccc(-n3cccc3)cc2)ccc1OCc1ccc(C)cc1. The topological polar surface area (TPSA) is 64.8 Å². The number of methoxy groups -OCH3 is 1. The standard InChI is InChI=1S/C28H27N3O3/c1-20-6-8-22(9-7-20)19-34-26-15-12-24(18-27(26)33-3)21(2)29-30-28(32)23-10-13-25(14-11-23)31-16-4-5-17-31/h4-18H,19H2,1-3H3,(H,30,32)/b29-21+. The van der Waals surface area contributed by atoms with E-state index in [-0.39, 0.29) is 5.91 Å². The van der Waals surface area contributed by atoms with Crippen LogP contribution in [0.2, 0.25) is 0 Å². The van der Waals surface area contributed by atoms with Gasteiger partial charge in [-0.1, -0.05) is 29.8 Å². The van der Waals surface area contributed by atoms with E-state index in [1.807, 2.05) is 78.5 Å². The van der Waals surface area contributed by atoms with Gasteiger partial charge < -0.3 is 14.0 Å². The van der Waals surface area contributed by atoms with Crippen molar-refractivity contribution in [2.24, 2.45) is 5.10 Å². The molecular formula is C28H27N3O3. The van der Waals surface area contributed by atoms with Gasteiger partial charge in [0.1, 0.15) is 6.61 Å². The number of nitrogens with zero attached hydrogens (tertiary/aromatic N) is 2. The smallest absolute Gasteiger partial charge is 0.271 e. The van der Waals surface area contributed by atoms with Crippen molar-refractivity contribution in [1.82, 2.24) is 9.99 Å². The average Bonchev–Trinajstić information content (AvgIpc) is 3.42. The Hall–Kier alpha value is -4.32. The molecule has 0 unspecified atom stereocenters. The van der Waals surface area contributed by atoms with E-state index in [9.17, 15) is 4.79 Å². The van der Waals surface area contributed by atoms with E-state index in [4.69, 9.17) is 9.47 Å². The van der Waals surface area contributed by atoms with E-state index in [2.05, 4.69) is 29.6 Å². The number of nitrogens with one attached hydrogen (secondary N) is 1. The van der Waals surface area contributed by atoms with Crippen LogP contribution in [0.1, 0.15) is 34.0 Å². The van der Waals surface area contributed by atoms with Crippen molar-refractivity contribution < 1.29 is 14.3 Å². The number of hydrogen-bond donors (Lipinski definition) is 1. The van der Waals surface area contributed by atoms with Crippen LogP contribution in [0.15, 0.2) is 96.4 Å². The molecule has 6 nitrogen and oxygen atoms in total. The number of aryl methyl sites for hydroxylation is 1. The molecule has 6 heteroatoms. The molecule has 34 heavy (non-hydrogen) atoms.